The van der Waals surface area contributed by atoms with Crippen LogP contribution in [-0.4, -0.2) is 58.9 Å². The molecule has 7 heteroatoms. The van der Waals surface area contributed by atoms with Crippen LogP contribution in [0.15, 0.2) is 85.1 Å². The first-order chi connectivity index (χ1) is 19.0. The minimum Gasteiger partial charge on any atom is -0.324 e. The molecule has 1 aliphatic heterocycles. The van der Waals surface area contributed by atoms with Gasteiger partial charge in [-0.25, -0.2) is 9.97 Å². The van der Waals surface area contributed by atoms with Crippen molar-refractivity contribution in [2.75, 3.05) is 43.9 Å². The molecule has 5 rings (SSSR count). The van der Waals surface area contributed by atoms with Gasteiger partial charge in [0.15, 0.2) is 0 Å². The Labute approximate surface area is 231 Å². The molecule has 1 aromatic heterocycles. The summed E-state index contributed by atoms with van der Waals surface area (Å²) in [6, 6.07) is 25.6. The third kappa shape index (κ3) is 7.72. The highest BCUT2D eigenvalue weighted by atomic mass is 16.1. The van der Waals surface area contributed by atoms with E-state index in [9.17, 15) is 4.79 Å². The van der Waals surface area contributed by atoms with Crippen molar-refractivity contribution in [3.05, 3.63) is 102 Å². The lowest BCUT2D eigenvalue weighted by Crippen LogP contribution is -2.43. The highest BCUT2D eigenvalue weighted by Gasteiger charge is 2.14. The van der Waals surface area contributed by atoms with Gasteiger partial charge in [-0.15, -0.1) is 0 Å². The zero-order valence-corrected chi connectivity index (χ0v) is 23.3. The summed E-state index contributed by atoms with van der Waals surface area (Å²) >= 11 is 0. The Kier molecular flexibility index (Phi) is 9.78. The predicted octanol–water partition coefficient (Wildman–Crippen LogP) is 6.22. The van der Waals surface area contributed by atoms with Gasteiger partial charge in [-0.1, -0.05) is 62.4 Å². The molecule has 1 amide bonds. The van der Waals surface area contributed by atoms with E-state index in [0.29, 0.717) is 17.2 Å². The number of hydrogen-bond donors (Lipinski definition) is 2. The summed E-state index contributed by atoms with van der Waals surface area (Å²) in [5.41, 5.74) is 6.30. The Hall–Kier alpha value is -4.07. The molecule has 0 aliphatic carbocycles. The smallest absolute Gasteiger partial charge is 0.255 e. The number of aromatic nitrogens is 2. The van der Waals surface area contributed by atoms with Gasteiger partial charge in [0.25, 0.3) is 5.91 Å². The van der Waals surface area contributed by atoms with E-state index in [2.05, 4.69) is 37.4 Å². The van der Waals surface area contributed by atoms with Gasteiger partial charge in [-0.05, 0) is 55.4 Å². The van der Waals surface area contributed by atoms with E-state index >= 15 is 0 Å². The van der Waals surface area contributed by atoms with Crippen LogP contribution in [0, 0.1) is 6.92 Å². The SMILES string of the molecule is CC.Cc1ccc(NC(=O)c2ccc(CN3CCN(C)CC3)cc2)cc1Nc1nccc(-c2ccccc2)n1. The van der Waals surface area contributed by atoms with Gasteiger partial charge in [-0.3, -0.25) is 9.69 Å². The van der Waals surface area contributed by atoms with Crippen molar-refractivity contribution in [1.29, 1.82) is 0 Å². The lowest BCUT2D eigenvalue weighted by Gasteiger charge is -2.32. The molecule has 0 unspecified atom stereocenters. The van der Waals surface area contributed by atoms with Crippen LogP contribution in [0.5, 0.6) is 0 Å². The van der Waals surface area contributed by atoms with Gasteiger partial charge < -0.3 is 15.5 Å². The number of carbonyl (C=O) groups is 1. The third-order valence-electron chi connectivity index (χ3n) is 6.69. The average molecular weight is 523 g/mol. The first-order valence-corrected chi connectivity index (χ1v) is 13.6. The highest BCUT2D eigenvalue weighted by molar-refractivity contribution is 6.04. The molecule has 0 radical (unpaired) electrons. The van der Waals surface area contributed by atoms with Gasteiger partial charge >= 0.3 is 0 Å². The summed E-state index contributed by atoms with van der Waals surface area (Å²) in [4.78, 5) is 26.8. The number of anilines is 3. The van der Waals surface area contributed by atoms with Gasteiger partial charge in [0.2, 0.25) is 5.95 Å². The number of amides is 1. The fourth-order valence-electron chi connectivity index (χ4n) is 4.37. The molecule has 202 valence electrons. The molecule has 1 aliphatic rings. The molecule has 0 saturated carbocycles. The molecular formula is C32H38N6O. The van der Waals surface area contributed by atoms with E-state index in [-0.39, 0.29) is 5.91 Å². The van der Waals surface area contributed by atoms with E-state index in [0.717, 1.165) is 55.2 Å². The molecule has 4 aromatic rings. The number of hydrogen-bond acceptors (Lipinski definition) is 6. The summed E-state index contributed by atoms with van der Waals surface area (Å²) in [6.45, 7) is 11.3. The van der Waals surface area contributed by atoms with Crippen LogP contribution in [0.25, 0.3) is 11.3 Å². The van der Waals surface area contributed by atoms with Crippen LogP contribution < -0.4 is 10.6 Å². The molecule has 0 spiro atoms. The molecule has 0 bridgehead atoms. The fraction of sp³-hybridized carbons (Fsp3) is 0.281. The molecule has 39 heavy (non-hydrogen) atoms. The molecule has 2 N–H and O–H groups in total. The lowest BCUT2D eigenvalue weighted by atomic mass is 10.1. The van der Waals surface area contributed by atoms with Gasteiger partial charge in [0.05, 0.1) is 5.69 Å². The van der Waals surface area contributed by atoms with Crippen LogP contribution in [0.3, 0.4) is 0 Å². The summed E-state index contributed by atoms with van der Waals surface area (Å²) in [6.07, 6.45) is 1.74. The maximum Gasteiger partial charge on any atom is 0.255 e. The van der Waals surface area contributed by atoms with Crippen LogP contribution in [0.4, 0.5) is 17.3 Å². The second-order valence-corrected chi connectivity index (χ2v) is 9.52. The lowest BCUT2D eigenvalue weighted by molar-refractivity contribution is 0.102. The first-order valence-electron chi connectivity index (χ1n) is 13.6. The highest BCUT2D eigenvalue weighted by Crippen LogP contribution is 2.25. The molecule has 1 fully saturated rings. The van der Waals surface area contributed by atoms with Gasteiger partial charge in [-0.2, -0.15) is 0 Å². The van der Waals surface area contributed by atoms with Crippen molar-refractivity contribution in [1.82, 2.24) is 19.8 Å². The Morgan fingerprint density at radius 1 is 0.897 bits per heavy atom. The number of aryl methyl sites for hydroxylation is 1. The maximum atomic E-state index is 12.9. The number of nitrogens with zero attached hydrogens (tertiary/aromatic N) is 4. The average Bonchev–Trinajstić information content (AvgIpc) is 2.98. The predicted molar refractivity (Wildman–Crippen MR) is 160 cm³/mol. The van der Waals surface area contributed by atoms with E-state index in [1.54, 1.807) is 6.20 Å². The number of piperazine rings is 1. The van der Waals surface area contributed by atoms with E-state index in [1.807, 2.05) is 99.6 Å². The number of likely N-dealkylation sites (N-methyl/N-ethyl adjacent to an activating group) is 1. The molecule has 2 heterocycles. The van der Waals surface area contributed by atoms with Crippen molar-refractivity contribution < 1.29 is 4.79 Å². The monoisotopic (exact) mass is 522 g/mol. The number of nitrogens with one attached hydrogen (secondary N) is 2. The van der Waals surface area contributed by atoms with Crippen molar-refractivity contribution in [2.45, 2.75) is 27.3 Å². The van der Waals surface area contributed by atoms with Crippen LogP contribution in [0.2, 0.25) is 0 Å². The Morgan fingerprint density at radius 3 is 2.33 bits per heavy atom. The standard InChI is InChI=1S/C30H32N6O.C2H6/c1-22-8-13-26(20-28(22)34-30-31-15-14-27(33-30)24-6-4-3-5-7-24)32-29(37)25-11-9-23(10-12-25)21-36-18-16-35(2)17-19-36;1-2/h3-15,20H,16-19,21H2,1-2H3,(H,32,37)(H,31,33,34);1-2H3. The molecule has 3 aromatic carbocycles. The van der Waals surface area contributed by atoms with Crippen LogP contribution >= 0.6 is 0 Å². The molecule has 1 saturated heterocycles. The zero-order chi connectivity index (χ0) is 27.6. The van der Waals surface area contributed by atoms with Crippen molar-refractivity contribution in [2.24, 2.45) is 0 Å². The van der Waals surface area contributed by atoms with Crippen LogP contribution in [0.1, 0.15) is 35.3 Å². The summed E-state index contributed by atoms with van der Waals surface area (Å²) in [7, 11) is 2.16. The topological polar surface area (TPSA) is 73.4 Å². The van der Waals surface area contributed by atoms with Gasteiger partial charge in [0, 0.05) is 61.4 Å². The Bertz CT molecular complexity index is 1350. The molecular weight excluding hydrogens is 484 g/mol. The van der Waals surface area contributed by atoms with Crippen molar-refractivity contribution >= 4 is 23.2 Å². The minimum atomic E-state index is -0.136. The Morgan fingerprint density at radius 2 is 1.62 bits per heavy atom. The fourth-order valence-corrected chi connectivity index (χ4v) is 4.37. The zero-order valence-electron chi connectivity index (χ0n) is 23.3. The number of carbonyl (C=O) groups excluding carboxylic acids is 1. The molecule has 7 nitrogen and oxygen atoms in total. The first kappa shape index (κ1) is 28.0. The second-order valence-electron chi connectivity index (χ2n) is 9.52. The maximum absolute atomic E-state index is 12.9. The molecule has 0 atom stereocenters. The normalized spacial score (nSPS) is 13.7. The summed E-state index contributed by atoms with van der Waals surface area (Å²) in [5.74, 6) is 0.368. The van der Waals surface area contributed by atoms with Gasteiger partial charge in [0.1, 0.15) is 0 Å². The van der Waals surface area contributed by atoms with Crippen LogP contribution in [-0.2, 0) is 6.54 Å². The van der Waals surface area contributed by atoms with Crippen molar-refractivity contribution in [3.8, 4) is 11.3 Å². The van der Waals surface area contributed by atoms with E-state index in [4.69, 9.17) is 0 Å². The van der Waals surface area contributed by atoms with E-state index < -0.39 is 0 Å². The largest absolute Gasteiger partial charge is 0.324 e. The summed E-state index contributed by atoms with van der Waals surface area (Å²) < 4.78 is 0. The number of rotatable bonds is 7. The number of benzene rings is 3. The summed E-state index contributed by atoms with van der Waals surface area (Å²) in [5, 5.41) is 6.32. The second kappa shape index (κ2) is 13.6. The third-order valence-corrected chi connectivity index (χ3v) is 6.69. The van der Waals surface area contributed by atoms with Crippen molar-refractivity contribution in [3.63, 3.8) is 0 Å². The Balaban J connectivity index is 0.00000172. The van der Waals surface area contributed by atoms with E-state index in [1.165, 1.54) is 5.56 Å². The minimum absolute atomic E-state index is 0.136. The quantitative estimate of drug-likeness (QED) is 0.300.